The first-order valence-corrected chi connectivity index (χ1v) is 24.0. The third-order valence-electron chi connectivity index (χ3n) is 14.2. The number of amides is 1. The van der Waals surface area contributed by atoms with Crippen molar-refractivity contribution in [2.45, 2.75) is 103 Å². The van der Waals surface area contributed by atoms with Gasteiger partial charge in [-0.2, -0.15) is 17.5 Å². The molecule has 3 aliphatic heterocycles. The predicted molar refractivity (Wildman–Crippen MR) is 253 cm³/mol. The average molecular weight is 1000 g/mol. The number of anilines is 2. The molecular weight excluding hydrogens is 946 g/mol. The summed E-state index contributed by atoms with van der Waals surface area (Å²) in [5.74, 6) is -6.94. The molecule has 0 saturated carbocycles. The topological polar surface area (TPSA) is 259 Å². The Balaban J connectivity index is 1.43. The lowest BCUT2D eigenvalue weighted by atomic mass is 9.78. The minimum atomic E-state index is -5.60. The standard InChI is InChI=1S/C48H57F3N4O14S/c1-21-11-10-12-22(2)46(63)53-37-42(61)33-32(36-44(37)68-31-20-28(19-29(56)35(31)52-36)55-16-13-27(14-17-55)54(8)70(64,65)48(49,50)51)34-43(26(6)41(33)60)69-47(7,45(34)62)67-18-15-30(66-9)23(3)39(58)25(5)40(59)24(4)38(21)57/h10-12,15,18-21,23-25,27,30,38-40,57-60,62H,13-14,16-17H2,1-9H3,(H,53,63)/b11-10+,18-15+,22-12-/t21-,23+,24+,25-,30-,38-,39+,40+,47-/m0/s1. The van der Waals surface area contributed by atoms with Gasteiger partial charge in [0.05, 0.1) is 41.3 Å². The van der Waals surface area contributed by atoms with Crippen molar-refractivity contribution in [2.24, 2.45) is 23.7 Å². The number of phenols is 1. The van der Waals surface area contributed by atoms with E-state index >= 15 is 0 Å². The fourth-order valence-corrected chi connectivity index (χ4v) is 10.4. The molecule has 0 radical (unpaired) electrons. The maximum atomic E-state index is 14.8. The molecule has 1 saturated heterocycles. The van der Waals surface area contributed by atoms with Crippen molar-refractivity contribution in [3.8, 4) is 11.5 Å². The van der Waals surface area contributed by atoms with E-state index in [1.54, 1.807) is 38.7 Å². The number of methoxy groups -OCH3 is 1. The lowest BCUT2D eigenvalue weighted by Gasteiger charge is -2.37. The van der Waals surface area contributed by atoms with E-state index in [4.69, 9.17) is 18.6 Å². The quantitative estimate of drug-likeness (QED) is 0.119. The van der Waals surface area contributed by atoms with Crippen LogP contribution in [0.25, 0.3) is 38.7 Å². The summed E-state index contributed by atoms with van der Waals surface area (Å²) in [5.41, 5.74) is -8.61. The van der Waals surface area contributed by atoms with Gasteiger partial charge in [0.25, 0.3) is 5.91 Å². The first kappa shape index (κ1) is 52.1. The summed E-state index contributed by atoms with van der Waals surface area (Å²) in [6, 6.07) is 1.61. The van der Waals surface area contributed by atoms with Crippen LogP contribution in [0.1, 0.15) is 59.9 Å². The molecule has 6 N–H and O–H groups in total. The van der Waals surface area contributed by atoms with Crippen molar-refractivity contribution in [2.75, 3.05) is 37.5 Å². The number of aliphatic hydroxyl groups excluding tert-OH is 4. The summed E-state index contributed by atoms with van der Waals surface area (Å²) in [6.07, 6.45) is 2.85. The van der Waals surface area contributed by atoms with Crippen LogP contribution in [-0.2, 0) is 24.3 Å². The molecule has 1 aromatic heterocycles. The highest BCUT2D eigenvalue weighted by Gasteiger charge is 2.51. The Morgan fingerprint density at radius 1 is 0.929 bits per heavy atom. The Morgan fingerprint density at radius 2 is 1.56 bits per heavy atom. The number of piperidine rings is 1. The largest absolute Gasteiger partial charge is 0.511 e. The summed E-state index contributed by atoms with van der Waals surface area (Å²) in [5, 5.41) is 59.7. The molecule has 0 aliphatic carbocycles. The first-order chi connectivity index (χ1) is 32.7. The SMILES string of the molecule is CO[C@H]1/C=C/O[C@@]2(C)Oc3c(C)c(O)c4c(=O)c(c5oc6cc(N7CCC(N(C)S(=O)(=O)C(F)(F)F)CC7)cc(=O)c6nc5c4c3=C2O)NC(=O)/C(C)=C\C=C\[C@H](C)[C@H](O)[C@@H](C)[C@@H](O)[C@@H](C)[C@H](O)[C@@H]1C. The number of halogens is 3. The van der Waals surface area contributed by atoms with E-state index in [0.29, 0.717) is 4.31 Å². The number of phenolic OH excluding ortho intramolecular Hbond substituents is 1. The molecule has 380 valence electrons. The monoisotopic (exact) mass is 1000 g/mol. The number of carbonyl (C=O) groups excluding carboxylic acids is 1. The number of alkyl halides is 3. The Labute approximate surface area is 400 Å². The van der Waals surface area contributed by atoms with Crippen LogP contribution in [0.4, 0.5) is 24.5 Å². The molecule has 4 heterocycles. The van der Waals surface area contributed by atoms with Gasteiger partial charge in [-0.3, -0.25) is 14.4 Å². The Bertz CT molecular complexity index is 3130. The van der Waals surface area contributed by atoms with Crippen LogP contribution in [0.2, 0.25) is 0 Å². The molecule has 4 bridgehead atoms. The number of sulfonamides is 1. The summed E-state index contributed by atoms with van der Waals surface area (Å²) >= 11 is 0. The predicted octanol–water partition coefficient (Wildman–Crippen LogP) is 4.74. The Hall–Kier alpha value is -5.78. The zero-order valence-corrected chi connectivity index (χ0v) is 40.7. The van der Waals surface area contributed by atoms with Gasteiger partial charge in [0.15, 0.2) is 22.4 Å². The molecule has 1 amide bonds. The van der Waals surface area contributed by atoms with Crippen LogP contribution in [0, 0.1) is 30.6 Å². The molecule has 1 fully saturated rings. The molecule has 70 heavy (non-hydrogen) atoms. The van der Waals surface area contributed by atoms with Gasteiger partial charge in [0, 0.05) is 98.2 Å². The number of aromatic hydroxyl groups is 1. The zero-order valence-electron chi connectivity index (χ0n) is 39.9. The molecule has 7 rings (SSSR count). The molecule has 22 heteroatoms. The summed E-state index contributed by atoms with van der Waals surface area (Å²) < 4.78 is 88.9. The fraction of sp³-hybridized carbons (Fsp3) is 0.500. The van der Waals surface area contributed by atoms with E-state index in [1.165, 1.54) is 64.5 Å². The third-order valence-corrected chi connectivity index (χ3v) is 15.8. The van der Waals surface area contributed by atoms with Crippen LogP contribution in [-0.4, -0.2) is 118 Å². The highest BCUT2D eigenvalue weighted by atomic mass is 32.2. The van der Waals surface area contributed by atoms with Crippen molar-refractivity contribution < 1.29 is 70.5 Å². The van der Waals surface area contributed by atoms with Gasteiger partial charge in [-0.05, 0) is 32.8 Å². The van der Waals surface area contributed by atoms with E-state index in [0.717, 1.165) is 7.05 Å². The smallest absolute Gasteiger partial charge is 0.507 e. The van der Waals surface area contributed by atoms with Crippen LogP contribution in [0.5, 0.6) is 11.5 Å². The van der Waals surface area contributed by atoms with Crippen LogP contribution < -0.4 is 31.0 Å². The van der Waals surface area contributed by atoms with Gasteiger partial charge in [-0.25, -0.2) is 13.4 Å². The molecule has 0 unspecified atom stereocenters. The van der Waals surface area contributed by atoms with Gasteiger partial charge in [0.1, 0.15) is 22.7 Å². The number of rotatable bonds is 4. The lowest BCUT2D eigenvalue weighted by molar-refractivity contribution is -0.112. The van der Waals surface area contributed by atoms with Gasteiger partial charge in [-0.1, -0.05) is 45.9 Å². The molecule has 18 nitrogen and oxygen atoms in total. The van der Waals surface area contributed by atoms with Crippen LogP contribution in [0.15, 0.2) is 62.3 Å². The second kappa shape index (κ2) is 19.1. The second-order valence-corrected chi connectivity index (χ2v) is 20.6. The van der Waals surface area contributed by atoms with Crippen LogP contribution >= 0.6 is 0 Å². The molecule has 3 aliphatic rings. The van der Waals surface area contributed by atoms with Crippen LogP contribution in [0.3, 0.4) is 0 Å². The number of ether oxygens (including phenoxy) is 3. The number of hydrogen-bond acceptors (Lipinski definition) is 16. The number of benzene rings is 3. The first-order valence-electron chi connectivity index (χ1n) is 22.6. The number of carbonyl (C=O) groups is 1. The van der Waals surface area contributed by atoms with E-state index in [2.05, 4.69) is 10.3 Å². The second-order valence-electron chi connectivity index (χ2n) is 18.6. The maximum absolute atomic E-state index is 14.8. The summed E-state index contributed by atoms with van der Waals surface area (Å²) in [7, 11) is -3.34. The van der Waals surface area contributed by atoms with Crippen molar-refractivity contribution in [1.82, 2.24) is 9.29 Å². The molecule has 9 atom stereocenters. The number of fused-ring (bicyclic) bond motifs is 2. The van der Waals surface area contributed by atoms with Gasteiger partial charge in [0.2, 0.25) is 10.9 Å². The fourth-order valence-electron chi connectivity index (χ4n) is 9.52. The molecular formula is C48H57F3N4O14S. The Kier molecular flexibility index (Phi) is 14.2. The minimum absolute atomic E-state index is 0.0201. The van der Waals surface area contributed by atoms with Crippen molar-refractivity contribution in [1.29, 1.82) is 0 Å². The van der Waals surface area contributed by atoms with Gasteiger partial charge >= 0.3 is 21.3 Å². The molecule has 3 aromatic carbocycles. The third kappa shape index (κ3) is 8.97. The van der Waals surface area contributed by atoms with E-state index in [9.17, 15) is 61.5 Å². The summed E-state index contributed by atoms with van der Waals surface area (Å²) in [6.45, 7) is 11.0. The normalized spacial score (nSPS) is 29.6. The number of nitrogens with zero attached hydrogens (tertiary/aromatic N) is 3. The van der Waals surface area contributed by atoms with Crippen molar-refractivity contribution in [3.63, 3.8) is 0 Å². The zero-order chi connectivity index (χ0) is 51.7. The number of allylic oxidation sites excluding steroid dienone is 2. The summed E-state index contributed by atoms with van der Waals surface area (Å²) in [4.78, 5) is 49.1. The molecule has 0 spiro atoms. The number of hydrogen-bond donors (Lipinski definition) is 6. The van der Waals surface area contributed by atoms with Crippen molar-refractivity contribution >= 4 is 66.0 Å². The van der Waals surface area contributed by atoms with E-state index in [-0.39, 0.29) is 75.7 Å². The minimum Gasteiger partial charge on any atom is -0.507 e. The highest BCUT2D eigenvalue weighted by Crippen LogP contribution is 2.42. The number of nitrogens with one attached hydrogen (secondary N) is 1. The van der Waals surface area contributed by atoms with E-state index < -0.39 is 120 Å². The van der Waals surface area contributed by atoms with Gasteiger partial charge in [-0.15, -0.1) is 0 Å². The highest BCUT2D eigenvalue weighted by molar-refractivity contribution is 7.90. The molecule has 4 aromatic rings. The van der Waals surface area contributed by atoms with E-state index in [1.807, 2.05) is 0 Å². The number of aliphatic hydroxyl groups is 4. The number of aromatic nitrogens is 1. The maximum Gasteiger partial charge on any atom is 0.511 e. The van der Waals surface area contributed by atoms with Gasteiger partial charge < -0.3 is 54.4 Å². The Morgan fingerprint density at radius 3 is 2.19 bits per heavy atom. The van der Waals surface area contributed by atoms with Crippen molar-refractivity contribution in [3.05, 3.63) is 79.5 Å². The average Bonchev–Trinajstić information content (AvgIpc) is 3.58. The lowest BCUT2D eigenvalue weighted by Crippen LogP contribution is -2.49.